The number of hydrogen-bond acceptors (Lipinski definition) is 3. The van der Waals surface area contributed by atoms with Crippen LogP contribution in [0, 0.1) is 5.92 Å². The maximum atomic E-state index is 12.5. The summed E-state index contributed by atoms with van der Waals surface area (Å²) < 4.78 is 12.3. The average molecular weight is 525 g/mol. The van der Waals surface area contributed by atoms with Crippen molar-refractivity contribution in [1.29, 1.82) is 0 Å². The van der Waals surface area contributed by atoms with E-state index >= 15 is 0 Å². The van der Waals surface area contributed by atoms with Crippen LogP contribution in [0.2, 0.25) is 0 Å². The standard InChI is InChI=1S/C34H54NO3/c1-5-6-7-8-9-10-11-12-14-20-31-23-19-24-33(27-31)37-25-17-18-26-38-34(36)30(2)28-35(3,4)29-32-21-15-13-16-22-32/h13,15-16,19,21-24,27,30H,5-12,14,17-18,20,25-26,28-29H2,1-4H3/q+1. The van der Waals surface area contributed by atoms with Gasteiger partial charge in [0.15, 0.2) is 0 Å². The Bertz CT molecular complexity index is 880. The predicted octanol–water partition coefficient (Wildman–Crippen LogP) is 8.37. The number of esters is 1. The van der Waals surface area contributed by atoms with Crippen molar-refractivity contribution in [1.82, 2.24) is 0 Å². The molecule has 0 aliphatic carbocycles. The van der Waals surface area contributed by atoms with E-state index in [2.05, 4.69) is 63.5 Å². The summed E-state index contributed by atoms with van der Waals surface area (Å²) in [7, 11) is 4.33. The highest BCUT2D eigenvalue weighted by molar-refractivity contribution is 5.72. The van der Waals surface area contributed by atoms with Crippen molar-refractivity contribution in [3.05, 3.63) is 65.7 Å². The van der Waals surface area contributed by atoms with E-state index in [1.54, 1.807) is 0 Å². The van der Waals surface area contributed by atoms with Gasteiger partial charge in [-0.05, 0) is 50.3 Å². The van der Waals surface area contributed by atoms with E-state index in [1.807, 2.05) is 19.1 Å². The van der Waals surface area contributed by atoms with E-state index in [9.17, 15) is 4.79 Å². The van der Waals surface area contributed by atoms with Gasteiger partial charge in [-0.2, -0.15) is 0 Å². The zero-order chi connectivity index (χ0) is 27.5. The quantitative estimate of drug-likeness (QED) is 0.0934. The van der Waals surface area contributed by atoms with Gasteiger partial charge in [0.1, 0.15) is 18.2 Å². The molecule has 4 nitrogen and oxygen atoms in total. The minimum atomic E-state index is -0.126. The third-order valence-electron chi connectivity index (χ3n) is 7.14. The number of rotatable bonds is 21. The minimum absolute atomic E-state index is 0.102. The van der Waals surface area contributed by atoms with Gasteiger partial charge in [-0.1, -0.05) is 101 Å². The summed E-state index contributed by atoms with van der Waals surface area (Å²) in [6.45, 7) is 7.00. The molecule has 0 aliphatic heterocycles. The van der Waals surface area contributed by atoms with E-state index < -0.39 is 0 Å². The fourth-order valence-corrected chi connectivity index (χ4v) is 5.10. The number of carbonyl (C=O) groups excluding carboxylic acids is 1. The molecule has 1 atom stereocenters. The predicted molar refractivity (Wildman–Crippen MR) is 159 cm³/mol. The third kappa shape index (κ3) is 14.6. The highest BCUT2D eigenvalue weighted by atomic mass is 16.5. The van der Waals surface area contributed by atoms with Gasteiger partial charge in [0, 0.05) is 5.56 Å². The maximum absolute atomic E-state index is 12.5. The molecule has 1 unspecified atom stereocenters. The molecule has 2 rings (SSSR count). The lowest BCUT2D eigenvalue weighted by Crippen LogP contribution is -2.44. The maximum Gasteiger partial charge on any atom is 0.314 e. The van der Waals surface area contributed by atoms with Crippen LogP contribution in [0.4, 0.5) is 0 Å². The molecule has 0 aromatic heterocycles. The van der Waals surface area contributed by atoms with Crippen LogP contribution in [0.15, 0.2) is 54.6 Å². The molecular formula is C34H54NO3+. The Balaban J connectivity index is 1.53. The Kier molecular flexibility index (Phi) is 15.8. The van der Waals surface area contributed by atoms with Gasteiger partial charge < -0.3 is 14.0 Å². The second kappa shape index (κ2) is 18.8. The lowest BCUT2D eigenvalue weighted by atomic mass is 10.0. The van der Waals surface area contributed by atoms with Gasteiger partial charge >= 0.3 is 5.97 Å². The van der Waals surface area contributed by atoms with Crippen LogP contribution in [-0.4, -0.2) is 44.3 Å². The normalized spacial score (nSPS) is 12.3. The molecule has 0 bridgehead atoms. The molecule has 2 aromatic carbocycles. The monoisotopic (exact) mass is 524 g/mol. The summed E-state index contributed by atoms with van der Waals surface area (Å²) >= 11 is 0. The summed E-state index contributed by atoms with van der Waals surface area (Å²) in [5, 5.41) is 0. The van der Waals surface area contributed by atoms with Gasteiger partial charge in [-0.3, -0.25) is 4.79 Å². The molecule has 0 radical (unpaired) electrons. The molecular weight excluding hydrogens is 470 g/mol. The van der Waals surface area contributed by atoms with Gasteiger partial charge in [-0.15, -0.1) is 0 Å². The van der Waals surface area contributed by atoms with Crippen molar-refractivity contribution in [2.45, 2.75) is 97.4 Å². The van der Waals surface area contributed by atoms with E-state index in [1.165, 1.54) is 68.9 Å². The molecule has 0 amide bonds. The SMILES string of the molecule is CCCCCCCCCCCc1cccc(OCCCCOC(=O)C(C)C[N+](C)(C)Cc2ccccc2)c1. The van der Waals surface area contributed by atoms with Crippen LogP contribution in [0.25, 0.3) is 0 Å². The molecule has 2 aromatic rings. The van der Waals surface area contributed by atoms with Gasteiger partial charge in [0.2, 0.25) is 0 Å². The zero-order valence-corrected chi connectivity index (χ0v) is 24.8. The first-order chi connectivity index (χ1) is 18.4. The molecule has 38 heavy (non-hydrogen) atoms. The van der Waals surface area contributed by atoms with Crippen molar-refractivity contribution in [2.75, 3.05) is 33.9 Å². The van der Waals surface area contributed by atoms with Crippen LogP contribution in [0.3, 0.4) is 0 Å². The van der Waals surface area contributed by atoms with Crippen molar-refractivity contribution >= 4 is 5.97 Å². The summed E-state index contributed by atoms with van der Waals surface area (Å²) in [5.74, 6) is 0.718. The van der Waals surface area contributed by atoms with E-state index in [-0.39, 0.29) is 11.9 Å². The summed E-state index contributed by atoms with van der Waals surface area (Å²) in [5.41, 5.74) is 2.65. The number of carbonyl (C=O) groups is 1. The van der Waals surface area contributed by atoms with Crippen molar-refractivity contribution in [2.24, 2.45) is 5.92 Å². The fourth-order valence-electron chi connectivity index (χ4n) is 5.10. The Morgan fingerprint density at radius 2 is 1.39 bits per heavy atom. The molecule has 0 spiro atoms. The molecule has 0 heterocycles. The highest BCUT2D eigenvalue weighted by Crippen LogP contribution is 2.18. The van der Waals surface area contributed by atoms with Crippen molar-refractivity contribution < 1.29 is 18.8 Å². The summed E-state index contributed by atoms with van der Waals surface area (Å²) in [4.78, 5) is 12.5. The number of hydrogen-bond donors (Lipinski definition) is 0. The van der Waals surface area contributed by atoms with Gasteiger partial charge in [-0.25, -0.2) is 0 Å². The highest BCUT2D eigenvalue weighted by Gasteiger charge is 2.25. The molecule has 0 saturated carbocycles. The number of unbranched alkanes of at least 4 members (excludes halogenated alkanes) is 9. The first-order valence-electron chi connectivity index (χ1n) is 15.1. The smallest absolute Gasteiger partial charge is 0.314 e. The number of nitrogens with zero attached hydrogens (tertiary/aromatic N) is 1. The van der Waals surface area contributed by atoms with E-state index in [0.717, 1.165) is 42.6 Å². The Morgan fingerprint density at radius 1 is 0.763 bits per heavy atom. The minimum Gasteiger partial charge on any atom is -0.494 e. The third-order valence-corrected chi connectivity index (χ3v) is 7.14. The largest absolute Gasteiger partial charge is 0.494 e. The van der Waals surface area contributed by atoms with Gasteiger partial charge in [0.05, 0.1) is 33.9 Å². The average Bonchev–Trinajstić information content (AvgIpc) is 2.90. The van der Waals surface area contributed by atoms with Gasteiger partial charge in [0.25, 0.3) is 0 Å². The molecule has 212 valence electrons. The number of quaternary nitrogens is 1. The van der Waals surface area contributed by atoms with E-state index in [4.69, 9.17) is 9.47 Å². The molecule has 0 saturated heterocycles. The molecule has 0 aliphatic rings. The summed E-state index contributed by atoms with van der Waals surface area (Å²) in [6.07, 6.45) is 15.1. The Morgan fingerprint density at radius 3 is 2.11 bits per heavy atom. The Hall–Kier alpha value is -2.33. The number of ether oxygens (including phenoxy) is 2. The lowest BCUT2D eigenvalue weighted by Gasteiger charge is -2.31. The zero-order valence-electron chi connectivity index (χ0n) is 24.8. The van der Waals surface area contributed by atoms with Crippen molar-refractivity contribution in [3.8, 4) is 5.75 Å². The van der Waals surface area contributed by atoms with Crippen LogP contribution in [0.1, 0.15) is 95.6 Å². The molecule has 4 heteroatoms. The van der Waals surface area contributed by atoms with Crippen LogP contribution < -0.4 is 4.74 Å². The first-order valence-corrected chi connectivity index (χ1v) is 15.1. The lowest BCUT2D eigenvalue weighted by molar-refractivity contribution is -0.905. The summed E-state index contributed by atoms with van der Waals surface area (Å²) in [6, 6.07) is 19.0. The van der Waals surface area contributed by atoms with E-state index in [0.29, 0.717) is 13.2 Å². The van der Waals surface area contributed by atoms with Crippen LogP contribution in [-0.2, 0) is 22.5 Å². The molecule has 0 fully saturated rings. The topological polar surface area (TPSA) is 35.5 Å². The Labute approximate surface area is 233 Å². The number of aryl methyl sites for hydroxylation is 1. The molecule has 0 N–H and O–H groups in total. The second-order valence-corrected chi connectivity index (χ2v) is 11.6. The van der Waals surface area contributed by atoms with Crippen molar-refractivity contribution in [3.63, 3.8) is 0 Å². The fraction of sp³-hybridized carbons (Fsp3) is 0.618. The second-order valence-electron chi connectivity index (χ2n) is 11.6. The first kappa shape index (κ1) is 31.9. The van der Waals surface area contributed by atoms with Crippen LogP contribution >= 0.6 is 0 Å². The van der Waals surface area contributed by atoms with Crippen LogP contribution in [0.5, 0.6) is 5.75 Å². The number of benzene rings is 2.